The Bertz CT molecular complexity index is 536. The number of rotatable bonds is 3. The first-order chi connectivity index (χ1) is 9.80. The van der Waals surface area contributed by atoms with Crippen LogP contribution in [-0.2, 0) is 6.54 Å². The van der Waals surface area contributed by atoms with Gasteiger partial charge in [0.1, 0.15) is 5.75 Å². The van der Waals surface area contributed by atoms with Crippen LogP contribution in [0.25, 0.3) is 0 Å². The van der Waals surface area contributed by atoms with Crippen LogP contribution in [0.4, 0.5) is 0 Å². The molecule has 3 rings (SSSR count). The van der Waals surface area contributed by atoms with Gasteiger partial charge in [-0.15, -0.1) is 0 Å². The summed E-state index contributed by atoms with van der Waals surface area (Å²) in [4.78, 5) is 2.72. The number of hydrogen-bond acceptors (Lipinski definition) is 2. The fourth-order valence-electron chi connectivity index (χ4n) is 5.03. The van der Waals surface area contributed by atoms with Crippen molar-refractivity contribution in [2.45, 2.75) is 59.5 Å². The van der Waals surface area contributed by atoms with Gasteiger partial charge in [0.25, 0.3) is 0 Å². The standard InChI is InChI=1S/C19H29NO/c1-14-8-15(6-7-17(14)21-5)11-20-13-19(4)10-16(20)9-18(2,3)12-19/h6-8,16H,9-13H2,1-5H3/t16-,19+/m1/s1. The van der Waals surface area contributed by atoms with E-state index in [0.717, 1.165) is 18.3 Å². The Kier molecular flexibility index (Phi) is 3.56. The molecule has 0 spiro atoms. The third kappa shape index (κ3) is 2.96. The molecule has 0 amide bonds. The van der Waals surface area contributed by atoms with Crippen molar-refractivity contribution in [3.8, 4) is 5.75 Å². The molecule has 1 aromatic carbocycles. The van der Waals surface area contributed by atoms with Gasteiger partial charge in [0.15, 0.2) is 0 Å². The van der Waals surface area contributed by atoms with Gasteiger partial charge < -0.3 is 4.74 Å². The average molecular weight is 287 g/mol. The predicted octanol–water partition coefficient (Wildman–Crippen LogP) is 4.40. The van der Waals surface area contributed by atoms with Gasteiger partial charge in [0, 0.05) is 19.1 Å². The Labute approximate surface area is 129 Å². The van der Waals surface area contributed by atoms with Crippen molar-refractivity contribution in [3.63, 3.8) is 0 Å². The van der Waals surface area contributed by atoms with Crippen LogP contribution in [0, 0.1) is 17.8 Å². The van der Waals surface area contributed by atoms with E-state index < -0.39 is 0 Å². The lowest BCUT2D eigenvalue weighted by molar-refractivity contribution is 0.126. The maximum atomic E-state index is 5.37. The molecule has 1 saturated heterocycles. The molecule has 0 N–H and O–H groups in total. The zero-order chi connectivity index (χ0) is 15.3. The second-order valence-corrected chi connectivity index (χ2v) is 8.42. The van der Waals surface area contributed by atoms with Gasteiger partial charge >= 0.3 is 0 Å². The smallest absolute Gasteiger partial charge is 0.121 e. The highest BCUT2D eigenvalue weighted by Gasteiger charge is 2.49. The molecule has 0 radical (unpaired) electrons. The highest BCUT2D eigenvalue weighted by Crippen LogP contribution is 2.52. The summed E-state index contributed by atoms with van der Waals surface area (Å²) in [7, 11) is 1.74. The highest BCUT2D eigenvalue weighted by atomic mass is 16.5. The van der Waals surface area contributed by atoms with Crippen LogP contribution >= 0.6 is 0 Å². The third-order valence-electron chi connectivity index (χ3n) is 5.37. The van der Waals surface area contributed by atoms with Gasteiger partial charge in [-0.1, -0.05) is 32.9 Å². The summed E-state index contributed by atoms with van der Waals surface area (Å²) in [5.74, 6) is 0.993. The molecular weight excluding hydrogens is 258 g/mol. The number of likely N-dealkylation sites (tertiary alicyclic amines) is 1. The maximum Gasteiger partial charge on any atom is 0.121 e. The van der Waals surface area contributed by atoms with Crippen molar-refractivity contribution >= 4 is 0 Å². The molecule has 1 aromatic rings. The van der Waals surface area contributed by atoms with Gasteiger partial charge in [-0.25, -0.2) is 0 Å². The Morgan fingerprint density at radius 1 is 1.24 bits per heavy atom. The lowest BCUT2D eigenvalue weighted by Crippen LogP contribution is -2.34. The largest absolute Gasteiger partial charge is 0.496 e. The minimum atomic E-state index is 0.502. The second-order valence-electron chi connectivity index (χ2n) is 8.42. The van der Waals surface area contributed by atoms with Crippen LogP contribution in [0.1, 0.15) is 51.2 Å². The lowest BCUT2D eigenvalue weighted by atomic mass is 9.65. The second kappa shape index (κ2) is 5.01. The molecule has 0 unspecified atom stereocenters. The van der Waals surface area contributed by atoms with Gasteiger partial charge in [0.05, 0.1) is 7.11 Å². The maximum absolute atomic E-state index is 5.37. The number of aryl methyl sites for hydroxylation is 1. The van der Waals surface area contributed by atoms with Gasteiger partial charge in [-0.3, -0.25) is 4.90 Å². The van der Waals surface area contributed by atoms with E-state index in [4.69, 9.17) is 4.74 Å². The Balaban J connectivity index is 1.76. The highest BCUT2D eigenvalue weighted by molar-refractivity contribution is 5.36. The molecule has 1 aliphatic heterocycles. The number of nitrogens with zero attached hydrogens (tertiary/aromatic N) is 1. The summed E-state index contributed by atoms with van der Waals surface area (Å²) < 4.78 is 5.37. The predicted molar refractivity (Wildman–Crippen MR) is 87.7 cm³/mol. The van der Waals surface area contributed by atoms with Crippen LogP contribution < -0.4 is 4.74 Å². The Morgan fingerprint density at radius 2 is 2.00 bits per heavy atom. The number of fused-ring (bicyclic) bond motifs is 2. The number of methoxy groups -OCH3 is 1. The molecule has 2 fully saturated rings. The van der Waals surface area contributed by atoms with E-state index in [1.165, 1.54) is 36.9 Å². The molecule has 2 heteroatoms. The molecular formula is C19H29NO. The van der Waals surface area contributed by atoms with Crippen LogP contribution in [-0.4, -0.2) is 24.6 Å². The summed E-state index contributed by atoms with van der Waals surface area (Å²) >= 11 is 0. The first-order valence-corrected chi connectivity index (χ1v) is 8.18. The topological polar surface area (TPSA) is 12.5 Å². The van der Waals surface area contributed by atoms with Gasteiger partial charge in [-0.2, -0.15) is 0 Å². The average Bonchev–Trinajstić information content (AvgIpc) is 2.58. The van der Waals surface area contributed by atoms with Crippen molar-refractivity contribution in [2.75, 3.05) is 13.7 Å². The van der Waals surface area contributed by atoms with Crippen molar-refractivity contribution in [3.05, 3.63) is 29.3 Å². The summed E-state index contributed by atoms with van der Waals surface area (Å²) in [6, 6.07) is 7.38. The minimum absolute atomic E-state index is 0.502. The Morgan fingerprint density at radius 3 is 2.67 bits per heavy atom. The molecule has 1 heterocycles. The zero-order valence-corrected chi connectivity index (χ0v) is 14.2. The summed E-state index contributed by atoms with van der Waals surface area (Å²) in [6.45, 7) is 11.8. The molecule has 2 atom stereocenters. The summed E-state index contributed by atoms with van der Waals surface area (Å²) in [5.41, 5.74) is 3.68. The van der Waals surface area contributed by atoms with Crippen molar-refractivity contribution in [2.24, 2.45) is 10.8 Å². The van der Waals surface area contributed by atoms with Crippen LogP contribution in [0.5, 0.6) is 5.75 Å². The summed E-state index contributed by atoms with van der Waals surface area (Å²) in [5, 5.41) is 0. The van der Waals surface area contributed by atoms with Crippen LogP contribution in [0.2, 0.25) is 0 Å². The molecule has 1 aliphatic carbocycles. The Hall–Kier alpha value is -1.02. The lowest BCUT2D eigenvalue weighted by Gasteiger charge is -2.40. The van der Waals surface area contributed by atoms with E-state index in [9.17, 15) is 0 Å². The van der Waals surface area contributed by atoms with E-state index in [2.05, 4.69) is 50.8 Å². The SMILES string of the molecule is COc1ccc(CN2C[C@@]3(C)C[C@H]2CC(C)(C)C3)cc1C. The van der Waals surface area contributed by atoms with Crippen LogP contribution in [0.3, 0.4) is 0 Å². The molecule has 1 saturated carbocycles. The van der Waals surface area contributed by atoms with E-state index in [1.807, 2.05) is 0 Å². The van der Waals surface area contributed by atoms with E-state index in [0.29, 0.717) is 10.8 Å². The normalized spacial score (nSPS) is 31.4. The number of hydrogen-bond donors (Lipinski definition) is 0. The van der Waals surface area contributed by atoms with E-state index >= 15 is 0 Å². The molecule has 2 bridgehead atoms. The fourth-order valence-corrected chi connectivity index (χ4v) is 5.03. The first-order valence-electron chi connectivity index (χ1n) is 8.18. The minimum Gasteiger partial charge on any atom is -0.496 e. The van der Waals surface area contributed by atoms with E-state index in [1.54, 1.807) is 7.11 Å². The number of ether oxygens (including phenoxy) is 1. The molecule has 0 aromatic heterocycles. The van der Waals surface area contributed by atoms with Crippen molar-refractivity contribution in [1.82, 2.24) is 4.90 Å². The third-order valence-corrected chi connectivity index (χ3v) is 5.37. The quantitative estimate of drug-likeness (QED) is 0.817. The van der Waals surface area contributed by atoms with Crippen molar-refractivity contribution < 1.29 is 4.74 Å². The molecule has 21 heavy (non-hydrogen) atoms. The van der Waals surface area contributed by atoms with Gasteiger partial charge in [0.2, 0.25) is 0 Å². The van der Waals surface area contributed by atoms with Gasteiger partial charge in [-0.05, 0) is 54.2 Å². The number of benzene rings is 1. The molecule has 2 aliphatic rings. The summed E-state index contributed by atoms with van der Waals surface area (Å²) in [6.07, 6.45) is 4.10. The first kappa shape index (κ1) is 14.9. The molecule has 2 nitrogen and oxygen atoms in total. The zero-order valence-electron chi connectivity index (χ0n) is 14.2. The molecule has 116 valence electrons. The fraction of sp³-hybridized carbons (Fsp3) is 0.684. The van der Waals surface area contributed by atoms with Crippen LogP contribution in [0.15, 0.2) is 18.2 Å². The van der Waals surface area contributed by atoms with E-state index in [-0.39, 0.29) is 0 Å². The monoisotopic (exact) mass is 287 g/mol. The van der Waals surface area contributed by atoms with Crippen molar-refractivity contribution in [1.29, 1.82) is 0 Å².